The first-order valence-corrected chi connectivity index (χ1v) is 8.89. The Morgan fingerprint density at radius 2 is 2.20 bits per heavy atom. The van der Waals surface area contributed by atoms with Crippen LogP contribution >= 0.6 is 15.9 Å². The summed E-state index contributed by atoms with van der Waals surface area (Å²) >= 11 is 3.28. The Kier molecular flexibility index (Phi) is 5.06. The lowest BCUT2D eigenvalue weighted by atomic mass is 10.2. The van der Waals surface area contributed by atoms with E-state index < -0.39 is 10.0 Å². The van der Waals surface area contributed by atoms with E-state index in [-0.39, 0.29) is 17.5 Å². The van der Waals surface area contributed by atoms with Crippen LogP contribution in [0.2, 0.25) is 0 Å². The average Bonchev–Trinajstić information content (AvgIpc) is 3.23. The van der Waals surface area contributed by atoms with Crippen LogP contribution < -0.4 is 15.2 Å². The van der Waals surface area contributed by atoms with Gasteiger partial charge >= 0.3 is 0 Å². The molecule has 1 saturated carbocycles. The van der Waals surface area contributed by atoms with Crippen molar-refractivity contribution in [3.63, 3.8) is 0 Å². The fourth-order valence-corrected chi connectivity index (χ4v) is 3.70. The second-order valence-electron chi connectivity index (χ2n) is 4.88. The molecule has 112 valence electrons. The molecule has 0 aliphatic heterocycles. The van der Waals surface area contributed by atoms with Crippen molar-refractivity contribution in [3.05, 3.63) is 22.7 Å². The van der Waals surface area contributed by atoms with E-state index in [4.69, 9.17) is 10.5 Å². The number of nitrogens with two attached hydrogens (primary N) is 1. The molecule has 1 fully saturated rings. The van der Waals surface area contributed by atoms with Gasteiger partial charge in [-0.25, -0.2) is 13.1 Å². The zero-order valence-electron chi connectivity index (χ0n) is 11.3. The van der Waals surface area contributed by atoms with Gasteiger partial charge in [0.2, 0.25) is 10.0 Å². The summed E-state index contributed by atoms with van der Waals surface area (Å²) in [5, 5.41) is 0. The van der Waals surface area contributed by atoms with Crippen molar-refractivity contribution >= 4 is 26.0 Å². The van der Waals surface area contributed by atoms with E-state index in [1.807, 2.05) is 6.92 Å². The zero-order chi connectivity index (χ0) is 14.8. The van der Waals surface area contributed by atoms with Crippen molar-refractivity contribution in [2.45, 2.75) is 30.7 Å². The van der Waals surface area contributed by atoms with Gasteiger partial charge in [-0.05, 0) is 43.9 Å². The van der Waals surface area contributed by atoms with Crippen LogP contribution in [0.5, 0.6) is 5.75 Å². The maximum Gasteiger partial charge on any atom is 0.244 e. The largest absolute Gasteiger partial charge is 0.492 e. The Morgan fingerprint density at radius 1 is 1.50 bits per heavy atom. The molecule has 2 rings (SSSR count). The fraction of sp³-hybridized carbons (Fsp3) is 0.538. The molecule has 1 aromatic rings. The van der Waals surface area contributed by atoms with Crippen LogP contribution in [-0.2, 0) is 10.0 Å². The Bertz CT molecular complexity index is 573. The summed E-state index contributed by atoms with van der Waals surface area (Å²) in [6.45, 7) is 2.48. The van der Waals surface area contributed by atoms with Crippen molar-refractivity contribution in [2.75, 3.05) is 13.2 Å². The predicted octanol–water partition coefficient (Wildman–Crippen LogP) is 1.86. The second-order valence-corrected chi connectivity index (χ2v) is 7.53. The zero-order valence-corrected chi connectivity index (χ0v) is 13.7. The van der Waals surface area contributed by atoms with E-state index >= 15 is 0 Å². The lowest BCUT2D eigenvalue weighted by Crippen LogP contribution is -2.38. The topological polar surface area (TPSA) is 81.4 Å². The minimum atomic E-state index is -3.62. The minimum Gasteiger partial charge on any atom is -0.492 e. The lowest BCUT2D eigenvalue weighted by molar-refractivity contribution is 0.331. The highest BCUT2D eigenvalue weighted by Gasteiger charge is 2.30. The van der Waals surface area contributed by atoms with Crippen LogP contribution in [0.25, 0.3) is 0 Å². The summed E-state index contributed by atoms with van der Waals surface area (Å²) in [5.74, 6) is 0.801. The van der Waals surface area contributed by atoms with E-state index in [2.05, 4.69) is 20.7 Å². The van der Waals surface area contributed by atoms with Gasteiger partial charge < -0.3 is 10.5 Å². The Balaban J connectivity index is 2.16. The summed E-state index contributed by atoms with van der Waals surface area (Å²) in [4.78, 5) is 0.136. The standard InChI is InChI=1S/C13H19BrN2O3S/c1-2-19-12-6-5-10(14)7-13(12)20(17,18)16-8-11(15)9-3-4-9/h5-7,9,11,16H,2-4,8,15H2,1H3. The number of hydrogen-bond acceptors (Lipinski definition) is 4. The first-order chi connectivity index (χ1) is 9.44. The Labute approximate surface area is 128 Å². The van der Waals surface area contributed by atoms with E-state index in [1.165, 1.54) is 6.07 Å². The molecule has 0 saturated heterocycles. The Hall–Kier alpha value is -0.630. The van der Waals surface area contributed by atoms with Gasteiger partial charge in [0.15, 0.2) is 0 Å². The molecule has 1 aromatic carbocycles. The third-order valence-electron chi connectivity index (χ3n) is 3.23. The molecule has 1 aliphatic rings. The first-order valence-electron chi connectivity index (χ1n) is 6.61. The number of rotatable bonds is 7. The van der Waals surface area contributed by atoms with E-state index in [9.17, 15) is 8.42 Å². The van der Waals surface area contributed by atoms with Gasteiger partial charge in [-0.15, -0.1) is 0 Å². The summed E-state index contributed by atoms with van der Waals surface area (Å²) in [6.07, 6.45) is 2.17. The van der Waals surface area contributed by atoms with Gasteiger partial charge in [0.25, 0.3) is 0 Å². The number of ether oxygens (including phenoxy) is 1. The van der Waals surface area contributed by atoms with Crippen LogP contribution in [0.3, 0.4) is 0 Å². The third-order valence-corrected chi connectivity index (χ3v) is 5.17. The van der Waals surface area contributed by atoms with Crippen LogP contribution in [-0.4, -0.2) is 27.6 Å². The molecule has 3 N–H and O–H groups in total. The molecule has 0 bridgehead atoms. The van der Waals surface area contributed by atoms with Crippen molar-refractivity contribution in [3.8, 4) is 5.75 Å². The molecule has 0 spiro atoms. The van der Waals surface area contributed by atoms with Crippen LogP contribution in [0.15, 0.2) is 27.6 Å². The van der Waals surface area contributed by atoms with Gasteiger partial charge in [-0.2, -0.15) is 0 Å². The summed E-state index contributed by atoms with van der Waals surface area (Å²) in [7, 11) is -3.62. The number of halogens is 1. The van der Waals surface area contributed by atoms with E-state index in [0.717, 1.165) is 12.8 Å². The van der Waals surface area contributed by atoms with Crippen molar-refractivity contribution in [1.29, 1.82) is 0 Å². The van der Waals surface area contributed by atoms with Gasteiger partial charge in [0, 0.05) is 17.1 Å². The molecule has 20 heavy (non-hydrogen) atoms. The molecule has 0 radical (unpaired) electrons. The molecule has 1 unspecified atom stereocenters. The molecule has 7 heteroatoms. The summed E-state index contributed by atoms with van der Waals surface area (Å²) in [6, 6.07) is 4.81. The van der Waals surface area contributed by atoms with E-state index in [0.29, 0.717) is 22.7 Å². The minimum absolute atomic E-state index is 0.118. The number of sulfonamides is 1. The molecule has 5 nitrogen and oxygen atoms in total. The van der Waals surface area contributed by atoms with Gasteiger partial charge in [-0.3, -0.25) is 0 Å². The van der Waals surface area contributed by atoms with Crippen LogP contribution in [0, 0.1) is 5.92 Å². The smallest absolute Gasteiger partial charge is 0.244 e. The first kappa shape index (κ1) is 15.8. The van der Waals surface area contributed by atoms with Gasteiger partial charge in [-0.1, -0.05) is 15.9 Å². The molecule has 0 heterocycles. The Morgan fingerprint density at radius 3 is 2.80 bits per heavy atom. The van der Waals surface area contributed by atoms with Crippen LogP contribution in [0.4, 0.5) is 0 Å². The van der Waals surface area contributed by atoms with Crippen molar-refractivity contribution in [2.24, 2.45) is 11.7 Å². The lowest BCUT2D eigenvalue weighted by Gasteiger charge is -2.15. The monoisotopic (exact) mass is 362 g/mol. The SMILES string of the molecule is CCOc1ccc(Br)cc1S(=O)(=O)NCC(N)C1CC1. The predicted molar refractivity (Wildman–Crippen MR) is 81.2 cm³/mol. The van der Waals surface area contributed by atoms with Crippen molar-refractivity contribution in [1.82, 2.24) is 4.72 Å². The highest BCUT2D eigenvalue weighted by Crippen LogP contribution is 2.32. The fourth-order valence-electron chi connectivity index (χ4n) is 1.94. The van der Waals surface area contributed by atoms with Crippen LogP contribution in [0.1, 0.15) is 19.8 Å². The second kappa shape index (κ2) is 6.43. The summed E-state index contributed by atoms with van der Waals surface area (Å²) < 4.78 is 33.4. The third kappa shape index (κ3) is 3.94. The number of hydrogen-bond donors (Lipinski definition) is 2. The highest BCUT2D eigenvalue weighted by atomic mass is 79.9. The summed E-state index contributed by atoms with van der Waals surface area (Å²) in [5.41, 5.74) is 5.92. The average molecular weight is 363 g/mol. The molecular formula is C13H19BrN2O3S. The number of nitrogens with one attached hydrogen (secondary N) is 1. The molecular weight excluding hydrogens is 344 g/mol. The van der Waals surface area contributed by atoms with Gasteiger partial charge in [0.1, 0.15) is 10.6 Å². The highest BCUT2D eigenvalue weighted by molar-refractivity contribution is 9.10. The normalized spacial score (nSPS) is 16.9. The maximum atomic E-state index is 12.4. The quantitative estimate of drug-likeness (QED) is 0.775. The molecule has 0 aromatic heterocycles. The van der Waals surface area contributed by atoms with E-state index in [1.54, 1.807) is 12.1 Å². The number of benzene rings is 1. The van der Waals surface area contributed by atoms with Crippen molar-refractivity contribution < 1.29 is 13.2 Å². The maximum absolute atomic E-state index is 12.4. The van der Waals surface area contributed by atoms with Gasteiger partial charge in [0.05, 0.1) is 6.61 Å². The molecule has 0 amide bonds. The molecule has 1 aliphatic carbocycles. The molecule has 1 atom stereocenters.